The fourth-order valence-electron chi connectivity index (χ4n) is 1.82. The second-order valence-corrected chi connectivity index (χ2v) is 7.03. The summed E-state index contributed by atoms with van der Waals surface area (Å²) in [6.45, 7) is 4.62. The Hall–Kier alpha value is -1.48. The lowest BCUT2D eigenvalue weighted by atomic mass is 10.1. The van der Waals surface area contributed by atoms with Crippen LogP contribution in [0.2, 0.25) is 0 Å². The van der Waals surface area contributed by atoms with E-state index in [-0.39, 0.29) is 30.0 Å². The lowest BCUT2D eigenvalue weighted by molar-refractivity contribution is 0.0949. The van der Waals surface area contributed by atoms with Crippen LogP contribution in [-0.2, 0) is 14.8 Å². The summed E-state index contributed by atoms with van der Waals surface area (Å²) in [4.78, 5) is 12.3. The zero-order valence-electron chi connectivity index (χ0n) is 14.0. The average molecular weight is 343 g/mol. The smallest absolute Gasteiger partial charge is 0.251 e. The lowest BCUT2D eigenvalue weighted by Gasteiger charge is -2.13. The largest absolute Gasteiger partial charge is 0.383 e. The number of nitrogens with one attached hydrogen (secondary N) is 3. The number of aryl methyl sites for hydroxylation is 1. The molecule has 0 bridgehead atoms. The summed E-state index contributed by atoms with van der Waals surface area (Å²) in [6, 6.07) is 4.63. The molecule has 0 aliphatic heterocycles. The Morgan fingerprint density at radius 2 is 2.04 bits per heavy atom. The van der Waals surface area contributed by atoms with Crippen molar-refractivity contribution in [3.05, 3.63) is 29.3 Å². The van der Waals surface area contributed by atoms with Crippen molar-refractivity contribution in [2.45, 2.75) is 24.8 Å². The van der Waals surface area contributed by atoms with Crippen LogP contribution < -0.4 is 15.4 Å². The summed E-state index contributed by atoms with van der Waals surface area (Å²) in [5, 5.41) is 5.80. The maximum Gasteiger partial charge on any atom is 0.251 e. The quantitative estimate of drug-likeness (QED) is 0.559. The van der Waals surface area contributed by atoms with Gasteiger partial charge in [0.25, 0.3) is 5.91 Å². The normalized spacial score (nSPS) is 12.9. The molecule has 1 amide bonds. The molecule has 0 spiro atoms. The van der Waals surface area contributed by atoms with Crippen molar-refractivity contribution in [1.29, 1.82) is 0 Å². The molecular formula is C15H25N3O4S. The van der Waals surface area contributed by atoms with Crippen LogP contribution in [-0.4, -0.2) is 54.2 Å². The van der Waals surface area contributed by atoms with Gasteiger partial charge in [0.1, 0.15) is 0 Å². The first-order valence-electron chi connectivity index (χ1n) is 7.36. The minimum absolute atomic E-state index is 0.0611. The van der Waals surface area contributed by atoms with E-state index in [2.05, 4.69) is 15.4 Å². The van der Waals surface area contributed by atoms with Gasteiger partial charge >= 0.3 is 0 Å². The monoisotopic (exact) mass is 343 g/mol. The van der Waals surface area contributed by atoms with Gasteiger partial charge in [0.15, 0.2) is 0 Å². The predicted octanol–water partition coefficient (Wildman–Crippen LogP) is 0.257. The SMILES string of the molecule is CNC(C)CNC(=O)c1cc(S(=O)(=O)NCCOC)ccc1C. The number of ether oxygens (including phenoxy) is 1. The zero-order valence-corrected chi connectivity index (χ0v) is 14.8. The van der Waals surface area contributed by atoms with Crippen molar-refractivity contribution < 1.29 is 17.9 Å². The second-order valence-electron chi connectivity index (χ2n) is 5.27. The van der Waals surface area contributed by atoms with Crippen molar-refractivity contribution in [2.75, 3.05) is 33.9 Å². The fraction of sp³-hybridized carbons (Fsp3) is 0.533. The Labute approximate surface area is 137 Å². The van der Waals surface area contributed by atoms with Gasteiger partial charge in [-0.05, 0) is 38.6 Å². The zero-order chi connectivity index (χ0) is 17.5. The first kappa shape index (κ1) is 19.6. The Kier molecular flexibility index (Phi) is 7.63. The highest BCUT2D eigenvalue weighted by molar-refractivity contribution is 7.89. The highest BCUT2D eigenvalue weighted by atomic mass is 32.2. The Bertz CT molecular complexity index is 632. The molecule has 23 heavy (non-hydrogen) atoms. The molecule has 0 aliphatic carbocycles. The number of hydrogen-bond donors (Lipinski definition) is 3. The summed E-state index contributed by atoms with van der Waals surface area (Å²) in [5.41, 5.74) is 1.07. The Balaban J connectivity index is 2.92. The fourth-order valence-corrected chi connectivity index (χ4v) is 2.86. The standard InChI is InChI=1S/C15H25N3O4S/c1-11-5-6-13(23(20,21)18-7-8-22-4)9-14(11)15(19)17-10-12(2)16-3/h5-6,9,12,16,18H,7-8,10H2,1-4H3,(H,17,19). The Morgan fingerprint density at radius 3 is 2.65 bits per heavy atom. The number of benzene rings is 1. The number of likely N-dealkylation sites (N-methyl/N-ethyl adjacent to an activating group) is 1. The van der Waals surface area contributed by atoms with Crippen molar-refractivity contribution in [3.63, 3.8) is 0 Å². The van der Waals surface area contributed by atoms with Crippen LogP contribution in [0.25, 0.3) is 0 Å². The molecule has 0 saturated heterocycles. The van der Waals surface area contributed by atoms with Crippen LogP contribution >= 0.6 is 0 Å². The van der Waals surface area contributed by atoms with Gasteiger partial charge < -0.3 is 15.4 Å². The second kappa shape index (κ2) is 8.97. The van der Waals surface area contributed by atoms with Crippen LogP contribution in [0.3, 0.4) is 0 Å². The van der Waals surface area contributed by atoms with E-state index in [4.69, 9.17) is 4.74 Å². The molecule has 1 aromatic rings. The molecular weight excluding hydrogens is 318 g/mol. The minimum atomic E-state index is -3.66. The van der Waals surface area contributed by atoms with Gasteiger partial charge in [0.2, 0.25) is 10.0 Å². The van der Waals surface area contributed by atoms with Crippen molar-refractivity contribution >= 4 is 15.9 Å². The van der Waals surface area contributed by atoms with Gasteiger partial charge in [0, 0.05) is 31.8 Å². The minimum Gasteiger partial charge on any atom is -0.383 e. The summed E-state index contributed by atoms with van der Waals surface area (Å²) in [5.74, 6) is -0.293. The van der Waals surface area contributed by atoms with Crippen molar-refractivity contribution in [3.8, 4) is 0 Å². The molecule has 0 heterocycles. The molecule has 1 atom stereocenters. The van der Waals surface area contributed by atoms with Gasteiger partial charge in [-0.25, -0.2) is 13.1 Å². The van der Waals surface area contributed by atoms with Gasteiger partial charge in [-0.3, -0.25) is 4.79 Å². The van der Waals surface area contributed by atoms with Crippen molar-refractivity contribution in [2.24, 2.45) is 0 Å². The average Bonchev–Trinajstić information content (AvgIpc) is 2.52. The number of amides is 1. The first-order chi connectivity index (χ1) is 10.8. The van der Waals surface area contributed by atoms with Gasteiger partial charge in [-0.15, -0.1) is 0 Å². The number of sulfonamides is 1. The number of carbonyl (C=O) groups excluding carboxylic acids is 1. The highest BCUT2D eigenvalue weighted by Gasteiger charge is 2.17. The summed E-state index contributed by atoms with van der Waals surface area (Å²) < 4.78 is 31.6. The molecule has 0 aliphatic rings. The van der Waals surface area contributed by atoms with Crippen LogP contribution in [0, 0.1) is 6.92 Å². The third-order valence-electron chi connectivity index (χ3n) is 3.42. The molecule has 130 valence electrons. The van der Waals surface area contributed by atoms with Gasteiger partial charge in [0.05, 0.1) is 11.5 Å². The molecule has 3 N–H and O–H groups in total. The van der Waals surface area contributed by atoms with E-state index < -0.39 is 10.0 Å². The maximum atomic E-state index is 12.3. The molecule has 0 saturated carbocycles. The molecule has 1 unspecified atom stereocenters. The van der Waals surface area contributed by atoms with Crippen LogP contribution in [0.5, 0.6) is 0 Å². The lowest BCUT2D eigenvalue weighted by Crippen LogP contribution is -2.37. The number of rotatable bonds is 9. The van der Waals surface area contributed by atoms with Crippen molar-refractivity contribution in [1.82, 2.24) is 15.4 Å². The summed E-state index contributed by atoms with van der Waals surface area (Å²) in [7, 11) is -0.362. The Morgan fingerprint density at radius 1 is 1.35 bits per heavy atom. The van der Waals surface area contributed by atoms with Crippen LogP contribution in [0.4, 0.5) is 0 Å². The molecule has 0 fully saturated rings. The van der Waals surface area contributed by atoms with E-state index >= 15 is 0 Å². The summed E-state index contributed by atoms with van der Waals surface area (Å²) in [6.07, 6.45) is 0. The highest BCUT2D eigenvalue weighted by Crippen LogP contribution is 2.15. The van der Waals surface area contributed by atoms with E-state index in [1.54, 1.807) is 20.0 Å². The molecule has 8 heteroatoms. The van der Waals surface area contributed by atoms with Gasteiger partial charge in [-0.2, -0.15) is 0 Å². The number of hydrogen-bond acceptors (Lipinski definition) is 5. The molecule has 0 radical (unpaired) electrons. The molecule has 0 aromatic heterocycles. The van der Waals surface area contributed by atoms with Gasteiger partial charge in [-0.1, -0.05) is 6.07 Å². The van der Waals surface area contributed by atoms with Crippen LogP contribution in [0.15, 0.2) is 23.1 Å². The topological polar surface area (TPSA) is 96.5 Å². The third-order valence-corrected chi connectivity index (χ3v) is 4.88. The maximum absolute atomic E-state index is 12.3. The molecule has 1 rings (SSSR count). The molecule has 7 nitrogen and oxygen atoms in total. The van der Waals surface area contributed by atoms with Crippen LogP contribution in [0.1, 0.15) is 22.8 Å². The van der Waals surface area contributed by atoms with E-state index in [9.17, 15) is 13.2 Å². The number of methoxy groups -OCH3 is 1. The van der Waals surface area contributed by atoms with E-state index in [0.717, 1.165) is 5.56 Å². The predicted molar refractivity (Wildman–Crippen MR) is 89.1 cm³/mol. The number of carbonyl (C=O) groups is 1. The summed E-state index contributed by atoms with van der Waals surface area (Å²) >= 11 is 0. The van der Waals surface area contributed by atoms with E-state index in [1.807, 2.05) is 6.92 Å². The first-order valence-corrected chi connectivity index (χ1v) is 8.85. The van der Waals surface area contributed by atoms with E-state index in [1.165, 1.54) is 19.2 Å². The molecule has 1 aromatic carbocycles. The third kappa shape index (κ3) is 5.91. The van der Waals surface area contributed by atoms with E-state index in [0.29, 0.717) is 12.1 Å².